The fourth-order valence-corrected chi connectivity index (χ4v) is 4.51. The second-order valence-corrected chi connectivity index (χ2v) is 6.98. The summed E-state index contributed by atoms with van der Waals surface area (Å²) >= 11 is 1.78. The Hall–Kier alpha value is -1.19. The molecule has 1 aromatic carbocycles. The van der Waals surface area contributed by atoms with E-state index in [9.17, 15) is 0 Å². The van der Waals surface area contributed by atoms with Crippen LogP contribution >= 0.6 is 11.3 Å². The standard InChI is InChI=1S/C18H24N2S/c1-2-20-17(12-16-13-19-14-21-16)18(10-6-7-11-18)15-8-4-3-5-9-15/h3-5,8-9,13-14,17,20H,2,6-7,10-12H2,1H3. The minimum atomic E-state index is 0.293. The van der Waals surface area contributed by atoms with Gasteiger partial charge in [0, 0.05) is 22.5 Å². The van der Waals surface area contributed by atoms with E-state index in [0.717, 1.165) is 13.0 Å². The van der Waals surface area contributed by atoms with Crippen molar-refractivity contribution in [2.45, 2.75) is 50.5 Å². The average molecular weight is 300 g/mol. The molecule has 1 unspecified atom stereocenters. The van der Waals surface area contributed by atoms with Crippen molar-refractivity contribution in [1.82, 2.24) is 10.3 Å². The molecule has 3 rings (SSSR count). The number of hydrogen-bond acceptors (Lipinski definition) is 3. The van der Waals surface area contributed by atoms with E-state index in [4.69, 9.17) is 0 Å². The minimum Gasteiger partial charge on any atom is -0.313 e. The smallest absolute Gasteiger partial charge is 0.0794 e. The van der Waals surface area contributed by atoms with Crippen molar-refractivity contribution >= 4 is 11.3 Å². The highest BCUT2D eigenvalue weighted by molar-refractivity contribution is 7.09. The molecule has 0 amide bonds. The van der Waals surface area contributed by atoms with E-state index in [-0.39, 0.29) is 0 Å². The predicted molar refractivity (Wildman–Crippen MR) is 89.9 cm³/mol. The number of benzene rings is 1. The monoisotopic (exact) mass is 300 g/mol. The van der Waals surface area contributed by atoms with Gasteiger partial charge in [0.05, 0.1) is 5.51 Å². The van der Waals surface area contributed by atoms with Gasteiger partial charge in [0.2, 0.25) is 0 Å². The molecule has 0 radical (unpaired) electrons. The molecule has 1 heterocycles. The normalized spacial score (nSPS) is 18.7. The van der Waals surface area contributed by atoms with E-state index in [2.05, 4.69) is 47.6 Å². The first-order valence-electron chi connectivity index (χ1n) is 8.01. The second kappa shape index (κ2) is 6.71. The van der Waals surface area contributed by atoms with Crippen LogP contribution in [-0.2, 0) is 11.8 Å². The summed E-state index contributed by atoms with van der Waals surface area (Å²) in [5, 5.41) is 3.78. The van der Waals surface area contributed by atoms with Gasteiger partial charge in [0.15, 0.2) is 0 Å². The van der Waals surface area contributed by atoms with Gasteiger partial charge in [-0.15, -0.1) is 11.3 Å². The first-order valence-corrected chi connectivity index (χ1v) is 8.89. The van der Waals surface area contributed by atoms with Crippen LogP contribution in [0.5, 0.6) is 0 Å². The molecule has 112 valence electrons. The van der Waals surface area contributed by atoms with Crippen LogP contribution in [0.25, 0.3) is 0 Å². The van der Waals surface area contributed by atoms with Crippen molar-refractivity contribution in [3.05, 3.63) is 52.5 Å². The van der Waals surface area contributed by atoms with Gasteiger partial charge < -0.3 is 5.32 Å². The molecule has 1 atom stereocenters. The van der Waals surface area contributed by atoms with Crippen molar-refractivity contribution in [3.8, 4) is 0 Å². The molecule has 1 saturated carbocycles. The molecule has 2 nitrogen and oxygen atoms in total. The fraction of sp³-hybridized carbons (Fsp3) is 0.500. The van der Waals surface area contributed by atoms with Gasteiger partial charge in [-0.3, -0.25) is 4.98 Å². The number of nitrogens with zero attached hydrogens (tertiary/aromatic N) is 1. The molecular weight excluding hydrogens is 276 g/mol. The summed E-state index contributed by atoms with van der Waals surface area (Å²) in [6.07, 6.45) is 8.41. The summed E-state index contributed by atoms with van der Waals surface area (Å²) in [6.45, 7) is 3.24. The lowest BCUT2D eigenvalue weighted by molar-refractivity contribution is 0.298. The Bertz CT molecular complexity index is 530. The lowest BCUT2D eigenvalue weighted by Crippen LogP contribution is -2.48. The molecule has 1 fully saturated rings. The molecular formula is C18H24N2S. The van der Waals surface area contributed by atoms with E-state index < -0.39 is 0 Å². The summed E-state index contributed by atoms with van der Waals surface area (Å²) in [6, 6.07) is 11.6. The maximum Gasteiger partial charge on any atom is 0.0794 e. The molecule has 2 aromatic rings. The van der Waals surface area contributed by atoms with Crippen LogP contribution in [0.4, 0.5) is 0 Å². The number of likely N-dealkylation sites (N-methyl/N-ethyl adjacent to an activating group) is 1. The number of rotatable bonds is 6. The maximum absolute atomic E-state index is 4.25. The van der Waals surface area contributed by atoms with Crippen LogP contribution in [0.3, 0.4) is 0 Å². The maximum atomic E-state index is 4.25. The highest BCUT2D eigenvalue weighted by Crippen LogP contribution is 2.44. The fourth-order valence-electron chi connectivity index (χ4n) is 3.87. The minimum absolute atomic E-state index is 0.293. The molecule has 0 aliphatic heterocycles. The second-order valence-electron chi connectivity index (χ2n) is 6.01. The van der Waals surface area contributed by atoms with Gasteiger partial charge >= 0.3 is 0 Å². The first kappa shape index (κ1) is 14.7. The Morgan fingerprint density at radius 2 is 2.00 bits per heavy atom. The Kier molecular flexibility index (Phi) is 4.71. The Morgan fingerprint density at radius 1 is 1.24 bits per heavy atom. The SMILES string of the molecule is CCNC(Cc1cncs1)C1(c2ccccc2)CCCC1. The summed E-state index contributed by atoms with van der Waals surface area (Å²) in [5.74, 6) is 0. The lowest BCUT2D eigenvalue weighted by atomic mass is 9.71. The van der Waals surface area contributed by atoms with Gasteiger partial charge in [-0.25, -0.2) is 0 Å². The molecule has 1 aromatic heterocycles. The summed E-state index contributed by atoms with van der Waals surface area (Å²) in [7, 11) is 0. The van der Waals surface area contributed by atoms with E-state index >= 15 is 0 Å². The molecule has 21 heavy (non-hydrogen) atoms. The number of nitrogens with one attached hydrogen (secondary N) is 1. The van der Waals surface area contributed by atoms with Crippen molar-refractivity contribution in [3.63, 3.8) is 0 Å². The largest absolute Gasteiger partial charge is 0.313 e. The average Bonchev–Trinajstić information content (AvgIpc) is 3.20. The summed E-state index contributed by atoms with van der Waals surface area (Å²) in [4.78, 5) is 5.64. The lowest BCUT2D eigenvalue weighted by Gasteiger charge is -2.39. The number of thiazole rings is 1. The topological polar surface area (TPSA) is 24.9 Å². The van der Waals surface area contributed by atoms with Crippen LogP contribution in [-0.4, -0.2) is 17.6 Å². The van der Waals surface area contributed by atoms with E-state index in [1.165, 1.54) is 36.1 Å². The Balaban J connectivity index is 1.93. The van der Waals surface area contributed by atoms with E-state index in [0.29, 0.717) is 11.5 Å². The van der Waals surface area contributed by atoms with Crippen molar-refractivity contribution in [2.75, 3.05) is 6.54 Å². The third-order valence-corrected chi connectivity index (χ3v) is 5.65. The predicted octanol–water partition coefficient (Wildman–Crippen LogP) is 4.18. The quantitative estimate of drug-likeness (QED) is 0.866. The van der Waals surface area contributed by atoms with Crippen molar-refractivity contribution in [2.24, 2.45) is 0 Å². The van der Waals surface area contributed by atoms with Gasteiger partial charge in [-0.2, -0.15) is 0 Å². The molecule has 3 heteroatoms. The van der Waals surface area contributed by atoms with Gasteiger partial charge in [-0.05, 0) is 31.4 Å². The van der Waals surface area contributed by atoms with Crippen molar-refractivity contribution < 1.29 is 0 Å². The highest BCUT2D eigenvalue weighted by atomic mass is 32.1. The van der Waals surface area contributed by atoms with Gasteiger partial charge in [-0.1, -0.05) is 50.1 Å². The summed E-state index contributed by atoms with van der Waals surface area (Å²) in [5.41, 5.74) is 3.75. The van der Waals surface area contributed by atoms with Gasteiger partial charge in [0.25, 0.3) is 0 Å². The molecule has 1 N–H and O–H groups in total. The molecule has 0 spiro atoms. The third-order valence-electron chi connectivity index (χ3n) is 4.85. The van der Waals surface area contributed by atoms with Crippen molar-refractivity contribution in [1.29, 1.82) is 0 Å². The van der Waals surface area contributed by atoms with Crippen LogP contribution in [0.2, 0.25) is 0 Å². The van der Waals surface area contributed by atoms with E-state index in [1.807, 2.05) is 11.7 Å². The van der Waals surface area contributed by atoms with Crippen LogP contribution < -0.4 is 5.32 Å². The molecule has 0 bridgehead atoms. The van der Waals surface area contributed by atoms with Crippen LogP contribution in [0.15, 0.2) is 42.0 Å². The number of hydrogen-bond donors (Lipinski definition) is 1. The zero-order valence-electron chi connectivity index (χ0n) is 12.7. The van der Waals surface area contributed by atoms with Crippen LogP contribution in [0.1, 0.15) is 43.0 Å². The first-order chi connectivity index (χ1) is 10.3. The van der Waals surface area contributed by atoms with Gasteiger partial charge in [0.1, 0.15) is 0 Å². The Morgan fingerprint density at radius 3 is 2.62 bits per heavy atom. The highest BCUT2D eigenvalue weighted by Gasteiger charge is 2.42. The molecule has 1 aliphatic carbocycles. The zero-order chi connectivity index (χ0) is 14.5. The summed E-state index contributed by atoms with van der Waals surface area (Å²) < 4.78 is 0. The van der Waals surface area contributed by atoms with Crippen LogP contribution in [0, 0.1) is 0 Å². The zero-order valence-corrected chi connectivity index (χ0v) is 13.5. The Labute approximate surface area is 131 Å². The molecule has 0 saturated heterocycles. The number of aromatic nitrogens is 1. The third kappa shape index (κ3) is 3.04. The van der Waals surface area contributed by atoms with E-state index in [1.54, 1.807) is 11.3 Å². The molecule has 1 aliphatic rings.